The SMILES string of the molecule is COc1cccc(-c2cc(=S)sc(N)c2C#N)c1. The number of rotatable bonds is 2. The van der Waals surface area contributed by atoms with Gasteiger partial charge in [-0.15, -0.1) is 11.3 Å². The number of hydrogen-bond donors (Lipinski definition) is 1. The predicted molar refractivity (Wildman–Crippen MR) is 76.3 cm³/mol. The number of nitrogen functional groups attached to an aromatic ring is 1. The van der Waals surface area contributed by atoms with Crippen LogP contribution in [-0.4, -0.2) is 7.11 Å². The summed E-state index contributed by atoms with van der Waals surface area (Å²) >= 11 is 6.39. The first kappa shape index (κ1) is 12.6. The molecule has 2 aromatic rings. The molecule has 1 aromatic heterocycles. The normalized spacial score (nSPS) is 9.78. The molecule has 0 aliphatic rings. The van der Waals surface area contributed by atoms with Crippen molar-refractivity contribution >= 4 is 28.6 Å². The number of nitrogens with two attached hydrogens (primary N) is 1. The summed E-state index contributed by atoms with van der Waals surface area (Å²) in [5.74, 6) is 0.730. The van der Waals surface area contributed by atoms with E-state index in [0.29, 0.717) is 14.4 Å². The minimum atomic E-state index is 0.447. The zero-order valence-corrected chi connectivity index (χ0v) is 11.3. The van der Waals surface area contributed by atoms with Gasteiger partial charge in [-0.3, -0.25) is 0 Å². The van der Waals surface area contributed by atoms with Gasteiger partial charge in [0.25, 0.3) is 0 Å². The lowest BCUT2D eigenvalue weighted by Gasteiger charge is -2.07. The summed E-state index contributed by atoms with van der Waals surface area (Å²) in [6, 6.07) is 11.4. The zero-order chi connectivity index (χ0) is 13.1. The topological polar surface area (TPSA) is 59.0 Å². The molecule has 0 saturated carbocycles. The molecular formula is C13H10N2OS2. The van der Waals surface area contributed by atoms with Gasteiger partial charge in [0.1, 0.15) is 16.8 Å². The van der Waals surface area contributed by atoms with Crippen molar-refractivity contribution in [3.05, 3.63) is 39.7 Å². The molecule has 2 N–H and O–H groups in total. The van der Waals surface area contributed by atoms with Gasteiger partial charge in [0.05, 0.1) is 16.5 Å². The number of benzene rings is 1. The summed E-state index contributed by atoms with van der Waals surface area (Å²) in [5.41, 5.74) is 7.92. The highest BCUT2D eigenvalue weighted by molar-refractivity contribution is 7.73. The van der Waals surface area contributed by atoms with E-state index in [1.807, 2.05) is 24.3 Å². The third kappa shape index (κ3) is 2.35. The fourth-order valence-corrected chi connectivity index (χ4v) is 2.68. The Hall–Kier alpha value is -1.90. The number of hydrogen-bond acceptors (Lipinski definition) is 5. The summed E-state index contributed by atoms with van der Waals surface area (Å²) in [6.07, 6.45) is 0. The third-order valence-corrected chi connectivity index (χ3v) is 3.59. The fraction of sp³-hybridized carbons (Fsp3) is 0.0769. The van der Waals surface area contributed by atoms with E-state index in [1.54, 1.807) is 13.2 Å². The van der Waals surface area contributed by atoms with Crippen LogP contribution in [-0.2, 0) is 0 Å². The summed E-state index contributed by atoms with van der Waals surface area (Å²) in [4.78, 5) is 0. The molecule has 2 rings (SSSR count). The molecule has 90 valence electrons. The van der Waals surface area contributed by atoms with Gasteiger partial charge >= 0.3 is 0 Å². The highest BCUT2D eigenvalue weighted by atomic mass is 32.1. The van der Waals surface area contributed by atoms with Crippen LogP contribution in [0.4, 0.5) is 5.00 Å². The van der Waals surface area contributed by atoms with Crippen LogP contribution >= 0.6 is 23.6 Å². The number of anilines is 1. The molecule has 0 spiro atoms. The van der Waals surface area contributed by atoms with Crippen LogP contribution in [0.5, 0.6) is 5.75 Å². The number of nitrogens with zero attached hydrogens (tertiary/aromatic N) is 1. The molecule has 0 fully saturated rings. The molecule has 0 saturated heterocycles. The molecule has 0 radical (unpaired) electrons. The van der Waals surface area contributed by atoms with Crippen molar-refractivity contribution in [1.29, 1.82) is 5.26 Å². The maximum Gasteiger partial charge on any atom is 0.119 e. The van der Waals surface area contributed by atoms with Gasteiger partial charge in [-0.2, -0.15) is 5.26 Å². The number of methoxy groups -OCH3 is 1. The molecule has 0 aliphatic carbocycles. The average molecular weight is 274 g/mol. The summed E-state index contributed by atoms with van der Waals surface area (Å²) < 4.78 is 5.83. The minimum absolute atomic E-state index is 0.447. The Balaban J connectivity index is 2.70. The molecule has 0 unspecified atom stereocenters. The Labute approximate surface area is 114 Å². The van der Waals surface area contributed by atoms with Gasteiger partial charge in [-0.25, -0.2) is 0 Å². The number of nitriles is 1. The van der Waals surface area contributed by atoms with Crippen molar-refractivity contribution in [2.24, 2.45) is 0 Å². The van der Waals surface area contributed by atoms with Crippen molar-refractivity contribution in [1.82, 2.24) is 0 Å². The van der Waals surface area contributed by atoms with E-state index in [9.17, 15) is 5.26 Å². The highest BCUT2D eigenvalue weighted by Gasteiger charge is 2.10. The molecule has 0 amide bonds. The molecule has 3 nitrogen and oxygen atoms in total. The Morgan fingerprint density at radius 3 is 2.83 bits per heavy atom. The van der Waals surface area contributed by atoms with Crippen molar-refractivity contribution in [2.45, 2.75) is 0 Å². The van der Waals surface area contributed by atoms with Crippen molar-refractivity contribution in [3.63, 3.8) is 0 Å². The maximum atomic E-state index is 9.19. The Bertz CT molecular complexity index is 686. The second-order valence-electron chi connectivity index (χ2n) is 3.56. The standard InChI is InChI=1S/C13H10N2OS2/c1-16-9-4-2-3-8(5-9)10-6-12(17)18-13(15)11(10)7-14/h2-6H,15H2,1H3. The van der Waals surface area contributed by atoms with E-state index in [2.05, 4.69) is 6.07 Å². The lowest BCUT2D eigenvalue weighted by Crippen LogP contribution is -1.92. The summed E-state index contributed by atoms with van der Waals surface area (Å²) in [7, 11) is 1.60. The largest absolute Gasteiger partial charge is 0.497 e. The van der Waals surface area contributed by atoms with Gasteiger partial charge in [-0.05, 0) is 23.8 Å². The van der Waals surface area contributed by atoms with E-state index in [1.165, 1.54) is 11.3 Å². The van der Waals surface area contributed by atoms with Crippen LogP contribution in [0.1, 0.15) is 5.56 Å². The molecule has 0 atom stereocenters. The molecule has 1 aromatic carbocycles. The lowest BCUT2D eigenvalue weighted by atomic mass is 10.0. The van der Waals surface area contributed by atoms with E-state index in [4.69, 9.17) is 22.7 Å². The van der Waals surface area contributed by atoms with E-state index >= 15 is 0 Å². The second kappa shape index (κ2) is 5.17. The van der Waals surface area contributed by atoms with Gasteiger partial charge in [0.2, 0.25) is 0 Å². The Kier molecular flexibility index (Phi) is 3.60. The minimum Gasteiger partial charge on any atom is -0.497 e. The zero-order valence-electron chi connectivity index (χ0n) is 9.64. The highest BCUT2D eigenvalue weighted by Crippen LogP contribution is 2.32. The van der Waals surface area contributed by atoms with Crippen LogP contribution in [0.25, 0.3) is 11.1 Å². The fourth-order valence-electron chi connectivity index (χ4n) is 1.65. The molecule has 18 heavy (non-hydrogen) atoms. The van der Waals surface area contributed by atoms with E-state index in [-0.39, 0.29) is 0 Å². The molecule has 0 bridgehead atoms. The van der Waals surface area contributed by atoms with Gasteiger partial charge in [0.15, 0.2) is 0 Å². The Morgan fingerprint density at radius 2 is 2.17 bits per heavy atom. The third-order valence-electron chi connectivity index (χ3n) is 2.48. The molecule has 1 heterocycles. The first-order valence-corrected chi connectivity index (χ1v) is 6.36. The van der Waals surface area contributed by atoms with Crippen molar-refractivity contribution < 1.29 is 4.74 Å². The van der Waals surface area contributed by atoms with Gasteiger partial charge in [0, 0.05) is 5.56 Å². The first-order valence-electron chi connectivity index (χ1n) is 5.14. The summed E-state index contributed by atoms with van der Waals surface area (Å²) in [5, 5.41) is 9.64. The van der Waals surface area contributed by atoms with Crippen LogP contribution in [0, 0.1) is 15.2 Å². The first-order chi connectivity index (χ1) is 8.65. The van der Waals surface area contributed by atoms with E-state index in [0.717, 1.165) is 16.9 Å². The van der Waals surface area contributed by atoms with Crippen LogP contribution in [0.3, 0.4) is 0 Å². The summed E-state index contributed by atoms with van der Waals surface area (Å²) in [6.45, 7) is 0. The van der Waals surface area contributed by atoms with E-state index < -0.39 is 0 Å². The number of ether oxygens (including phenoxy) is 1. The maximum absolute atomic E-state index is 9.19. The molecule has 5 heteroatoms. The van der Waals surface area contributed by atoms with Crippen molar-refractivity contribution in [2.75, 3.05) is 12.8 Å². The van der Waals surface area contributed by atoms with Gasteiger partial charge < -0.3 is 10.5 Å². The van der Waals surface area contributed by atoms with Crippen LogP contribution < -0.4 is 10.5 Å². The van der Waals surface area contributed by atoms with Crippen LogP contribution in [0.2, 0.25) is 0 Å². The van der Waals surface area contributed by atoms with Gasteiger partial charge in [-0.1, -0.05) is 24.4 Å². The average Bonchev–Trinajstić information content (AvgIpc) is 2.38. The monoisotopic (exact) mass is 274 g/mol. The van der Waals surface area contributed by atoms with Crippen LogP contribution in [0.15, 0.2) is 30.3 Å². The smallest absolute Gasteiger partial charge is 0.119 e. The predicted octanol–water partition coefficient (Wildman–Crippen LogP) is 3.61. The molecule has 0 aliphatic heterocycles. The lowest BCUT2D eigenvalue weighted by molar-refractivity contribution is 0.415. The van der Waals surface area contributed by atoms with Crippen molar-refractivity contribution in [3.8, 4) is 22.9 Å². The Morgan fingerprint density at radius 1 is 1.39 bits per heavy atom. The molecular weight excluding hydrogens is 264 g/mol. The second-order valence-corrected chi connectivity index (χ2v) is 5.34. The quantitative estimate of drug-likeness (QED) is 0.850.